The molecule has 0 bridgehead atoms. The van der Waals surface area contributed by atoms with Crippen molar-refractivity contribution in [2.75, 3.05) is 17.7 Å². The molecule has 1 aromatic heterocycles. The lowest BCUT2D eigenvalue weighted by atomic mass is 10.00. The van der Waals surface area contributed by atoms with Crippen LogP contribution in [0.4, 0.5) is 11.5 Å². The van der Waals surface area contributed by atoms with Gasteiger partial charge in [-0.05, 0) is 39.3 Å². The first-order chi connectivity index (χ1) is 6.88. The van der Waals surface area contributed by atoms with E-state index in [1.165, 1.54) is 0 Å². The zero-order chi connectivity index (χ0) is 11.6. The maximum atomic E-state index is 5.94. The monoisotopic (exact) mass is 207 g/mol. The van der Waals surface area contributed by atoms with Gasteiger partial charge in [0.2, 0.25) is 0 Å². The van der Waals surface area contributed by atoms with Crippen molar-refractivity contribution in [1.82, 2.24) is 4.98 Å². The Morgan fingerprint density at radius 2 is 2.00 bits per heavy atom. The molecule has 3 nitrogen and oxygen atoms in total. The van der Waals surface area contributed by atoms with Gasteiger partial charge in [-0.15, -0.1) is 0 Å². The molecule has 0 fully saturated rings. The van der Waals surface area contributed by atoms with Crippen LogP contribution in [0.5, 0.6) is 0 Å². The fraction of sp³-hybridized carbons (Fsp3) is 0.583. The van der Waals surface area contributed by atoms with Crippen LogP contribution in [0.1, 0.15) is 32.9 Å². The number of nitrogens with two attached hydrogens (primary N) is 1. The van der Waals surface area contributed by atoms with Gasteiger partial charge in [-0.3, -0.25) is 0 Å². The molecule has 0 atom stereocenters. The molecule has 1 rings (SSSR count). The van der Waals surface area contributed by atoms with Gasteiger partial charge in [0.25, 0.3) is 0 Å². The molecule has 0 amide bonds. The highest BCUT2D eigenvalue weighted by Gasteiger charge is 2.23. The molecule has 2 N–H and O–H groups in total. The first-order valence-electron chi connectivity index (χ1n) is 5.35. The summed E-state index contributed by atoms with van der Waals surface area (Å²) in [5.41, 5.74) is 7.75. The lowest BCUT2D eigenvalue weighted by Gasteiger charge is -2.36. The molecule has 0 radical (unpaired) electrons. The fourth-order valence-electron chi connectivity index (χ4n) is 1.35. The Balaban J connectivity index is 3.10. The van der Waals surface area contributed by atoms with Crippen LogP contribution in [0.15, 0.2) is 12.1 Å². The predicted molar refractivity (Wildman–Crippen MR) is 66.2 cm³/mol. The highest BCUT2D eigenvalue weighted by molar-refractivity contribution is 5.63. The Hall–Kier alpha value is -1.25. The van der Waals surface area contributed by atoms with Crippen molar-refractivity contribution in [1.29, 1.82) is 0 Å². The summed E-state index contributed by atoms with van der Waals surface area (Å²) in [7, 11) is 2.04. The van der Waals surface area contributed by atoms with Crippen molar-refractivity contribution in [3.63, 3.8) is 0 Å². The Bertz CT molecular complexity index is 345. The van der Waals surface area contributed by atoms with Crippen LogP contribution < -0.4 is 10.6 Å². The number of pyridine rings is 1. The smallest absolute Gasteiger partial charge is 0.152 e. The summed E-state index contributed by atoms with van der Waals surface area (Å²) in [5, 5.41) is 0. The molecule has 0 aliphatic heterocycles. The van der Waals surface area contributed by atoms with Crippen molar-refractivity contribution in [2.24, 2.45) is 0 Å². The summed E-state index contributed by atoms with van der Waals surface area (Å²) in [4.78, 5) is 6.64. The quantitative estimate of drug-likeness (QED) is 0.828. The third-order valence-corrected chi connectivity index (χ3v) is 3.14. The molecule has 0 saturated carbocycles. The highest BCUT2D eigenvalue weighted by atomic mass is 15.2. The molecular weight excluding hydrogens is 186 g/mol. The van der Waals surface area contributed by atoms with Crippen LogP contribution in [-0.4, -0.2) is 17.6 Å². The first kappa shape index (κ1) is 11.8. The predicted octanol–water partition coefficient (Wildman–Crippen LogP) is 2.60. The summed E-state index contributed by atoms with van der Waals surface area (Å²) < 4.78 is 0. The van der Waals surface area contributed by atoms with E-state index in [9.17, 15) is 0 Å². The number of hydrogen-bond donors (Lipinski definition) is 1. The van der Waals surface area contributed by atoms with E-state index in [1.807, 2.05) is 26.1 Å². The van der Waals surface area contributed by atoms with E-state index >= 15 is 0 Å². The number of anilines is 2. The van der Waals surface area contributed by atoms with Crippen LogP contribution >= 0.6 is 0 Å². The van der Waals surface area contributed by atoms with Crippen LogP contribution in [0, 0.1) is 6.92 Å². The molecule has 0 aliphatic carbocycles. The van der Waals surface area contributed by atoms with Crippen molar-refractivity contribution in [3.05, 3.63) is 17.8 Å². The van der Waals surface area contributed by atoms with Gasteiger partial charge in [-0.2, -0.15) is 0 Å². The molecule has 84 valence electrons. The average molecular weight is 207 g/mol. The van der Waals surface area contributed by atoms with Crippen molar-refractivity contribution in [3.8, 4) is 0 Å². The van der Waals surface area contributed by atoms with Crippen LogP contribution in [0.3, 0.4) is 0 Å². The van der Waals surface area contributed by atoms with Gasteiger partial charge in [0.15, 0.2) is 5.82 Å². The average Bonchev–Trinajstić information content (AvgIpc) is 2.20. The molecule has 0 unspecified atom stereocenters. The molecule has 0 aromatic carbocycles. The van der Waals surface area contributed by atoms with Gasteiger partial charge >= 0.3 is 0 Å². The number of aryl methyl sites for hydroxylation is 1. The van der Waals surface area contributed by atoms with E-state index in [4.69, 9.17) is 5.73 Å². The third-order valence-electron chi connectivity index (χ3n) is 3.14. The standard InChI is InChI=1S/C12H21N3/c1-6-12(3,4)15(5)11-10(13)8-7-9(2)14-11/h7-8H,6,13H2,1-5H3. The molecule has 1 heterocycles. The molecular formula is C12H21N3. The minimum atomic E-state index is 0.0783. The maximum Gasteiger partial charge on any atom is 0.152 e. The zero-order valence-electron chi connectivity index (χ0n) is 10.3. The second-order valence-corrected chi connectivity index (χ2v) is 4.59. The van der Waals surface area contributed by atoms with Gasteiger partial charge in [0.05, 0.1) is 5.69 Å². The highest BCUT2D eigenvalue weighted by Crippen LogP contribution is 2.27. The number of rotatable bonds is 3. The van der Waals surface area contributed by atoms with E-state index in [1.54, 1.807) is 0 Å². The normalized spacial score (nSPS) is 11.5. The molecule has 15 heavy (non-hydrogen) atoms. The van der Waals surface area contributed by atoms with Crippen molar-refractivity contribution < 1.29 is 0 Å². The van der Waals surface area contributed by atoms with Gasteiger partial charge < -0.3 is 10.6 Å². The fourth-order valence-corrected chi connectivity index (χ4v) is 1.35. The third kappa shape index (κ3) is 2.41. The molecule has 3 heteroatoms. The Morgan fingerprint density at radius 3 is 2.53 bits per heavy atom. The summed E-state index contributed by atoms with van der Waals surface area (Å²) in [6, 6.07) is 3.85. The van der Waals surface area contributed by atoms with E-state index in [-0.39, 0.29) is 5.54 Å². The lowest BCUT2D eigenvalue weighted by Crippen LogP contribution is -2.41. The second kappa shape index (κ2) is 4.09. The second-order valence-electron chi connectivity index (χ2n) is 4.59. The van der Waals surface area contributed by atoms with Crippen LogP contribution in [0.2, 0.25) is 0 Å². The van der Waals surface area contributed by atoms with Gasteiger partial charge in [-0.25, -0.2) is 4.98 Å². The number of aromatic nitrogens is 1. The van der Waals surface area contributed by atoms with E-state index in [0.29, 0.717) is 0 Å². The maximum absolute atomic E-state index is 5.94. The van der Waals surface area contributed by atoms with Crippen molar-refractivity contribution >= 4 is 11.5 Å². The van der Waals surface area contributed by atoms with Crippen molar-refractivity contribution in [2.45, 2.75) is 39.7 Å². The summed E-state index contributed by atoms with van der Waals surface area (Å²) >= 11 is 0. The Morgan fingerprint density at radius 1 is 1.40 bits per heavy atom. The number of nitrogens with zero attached hydrogens (tertiary/aromatic N) is 2. The van der Waals surface area contributed by atoms with Crippen LogP contribution in [-0.2, 0) is 0 Å². The topological polar surface area (TPSA) is 42.2 Å². The summed E-state index contributed by atoms with van der Waals surface area (Å²) in [6.07, 6.45) is 1.05. The zero-order valence-corrected chi connectivity index (χ0v) is 10.3. The molecule has 0 saturated heterocycles. The lowest BCUT2D eigenvalue weighted by molar-refractivity contribution is 0.467. The van der Waals surface area contributed by atoms with E-state index in [0.717, 1.165) is 23.6 Å². The molecule has 0 spiro atoms. The Kier molecular flexibility index (Phi) is 3.22. The van der Waals surface area contributed by atoms with Gasteiger partial charge in [-0.1, -0.05) is 6.92 Å². The first-order valence-corrected chi connectivity index (χ1v) is 5.35. The van der Waals surface area contributed by atoms with Crippen LogP contribution in [0.25, 0.3) is 0 Å². The largest absolute Gasteiger partial charge is 0.396 e. The van der Waals surface area contributed by atoms with Gasteiger partial charge in [0.1, 0.15) is 0 Å². The summed E-state index contributed by atoms with van der Waals surface area (Å²) in [6.45, 7) is 8.53. The minimum Gasteiger partial charge on any atom is -0.396 e. The number of nitrogen functional groups attached to an aromatic ring is 1. The SMILES string of the molecule is CCC(C)(C)N(C)c1nc(C)ccc1N. The summed E-state index contributed by atoms with van der Waals surface area (Å²) in [5.74, 6) is 0.877. The van der Waals surface area contributed by atoms with E-state index < -0.39 is 0 Å². The van der Waals surface area contributed by atoms with Gasteiger partial charge in [0, 0.05) is 18.3 Å². The molecule has 0 aliphatic rings. The Labute approximate surface area is 92.3 Å². The minimum absolute atomic E-state index is 0.0783. The van der Waals surface area contributed by atoms with E-state index in [2.05, 4.69) is 30.7 Å². The molecule has 1 aromatic rings. The number of hydrogen-bond acceptors (Lipinski definition) is 3.